The summed E-state index contributed by atoms with van der Waals surface area (Å²) in [7, 11) is 1.59. The van der Waals surface area contributed by atoms with Crippen LogP contribution in [0.2, 0.25) is 0 Å². The number of aliphatic hydroxyl groups excluding tert-OH is 2. The van der Waals surface area contributed by atoms with Gasteiger partial charge in [-0.15, -0.1) is 0 Å². The summed E-state index contributed by atoms with van der Waals surface area (Å²) in [6, 6.07) is 5.58. The van der Waals surface area contributed by atoms with Gasteiger partial charge in [-0.05, 0) is 30.5 Å². The van der Waals surface area contributed by atoms with Gasteiger partial charge in [-0.25, -0.2) is 0 Å². The second-order valence-corrected chi connectivity index (χ2v) is 4.98. The first-order chi connectivity index (χ1) is 9.50. The van der Waals surface area contributed by atoms with Crippen LogP contribution in [0.25, 0.3) is 0 Å². The SMILES string of the molecule is CCC(CO)(CO)NC(=O)Cc1ccc(C)c(OC)c1. The van der Waals surface area contributed by atoms with Crippen LogP contribution < -0.4 is 10.1 Å². The first-order valence-corrected chi connectivity index (χ1v) is 6.66. The van der Waals surface area contributed by atoms with Crippen molar-refractivity contribution < 1.29 is 19.7 Å². The van der Waals surface area contributed by atoms with Gasteiger partial charge in [0.25, 0.3) is 0 Å². The molecule has 1 amide bonds. The third kappa shape index (κ3) is 3.95. The smallest absolute Gasteiger partial charge is 0.225 e. The van der Waals surface area contributed by atoms with Crippen LogP contribution in [0.15, 0.2) is 18.2 Å². The molecule has 0 saturated heterocycles. The van der Waals surface area contributed by atoms with Gasteiger partial charge in [0.15, 0.2) is 0 Å². The Labute approximate surface area is 119 Å². The maximum atomic E-state index is 12.0. The molecule has 0 aliphatic heterocycles. The standard InChI is InChI=1S/C15H23NO4/c1-4-15(9-17,10-18)16-14(19)8-12-6-5-11(2)13(7-12)20-3/h5-7,17-18H,4,8-10H2,1-3H3,(H,16,19). The van der Waals surface area contributed by atoms with Crippen molar-refractivity contribution in [1.82, 2.24) is 5.32 Å². The lowest BCUT2D eigenvalue weighted by Crippen LogP contribution is -2.54. The Balaban J connectivity index is 2.76. The van der Waals surface area contributed by atoms with Crippen molar-refractivity contribution in [2.75, 3.05) is 20.3 Å². The first kappa shape index (κ1) is 16.5. The highest BCUT2D eigenvalue weighted by atomic mass is 16.5. The van der Waals surface area contributed by atoms with E-state index in [0.29, 0.717) is 6.42 Å². The molecule has 1 rings (SSSR count). The van der Waals surface area contributed by atoms with Gasteiger partial charge < -0.3 is 20.3 Å². The lowest BCUT2D eigenvalue weighted by atomic mass is 9.97. The van der Waals surface area contributed by atoms with E-state index in [9.17, 15) is 15.0 Å². The molecule has 0 bridgehead atoms. The number of hydrogen-bond acceptors (Lipinski definition) is 4. The van der Waals surface area contributed by atoms with E-state index in [2.05, 4.69) is 5.32 Å². The Morgan fingerprint density at radius 3 is 2.50 bits per heavy atom. The summed E-state index contributed by atoms with van der Waals surface area (Å²) in [4.78, 5) is 12.0. The van der Waals surface area contributed by atoms with Gasteiger partial charge in [0.1, 0.15) is 5.75 Å². The van der Waals surface area contributed by atoms with E-state index in [-0.39, 0.29) is 25.5 Å². The molecule has 112 valence electrons. The van der Waals surface area contributed by atoms with Crippen LogP contribution in [0.1, 0.15) is 24.5 Å². The van der Waals surface area contributed by atoms with Crippen molar-refractivity contribution in [3.8, 4) is 5.75 Å². The van der Waals surface area contributed by atoms with Crippen LogP contribution in [0.3, 0.4) is 0 Å². The molecule has 5 heteroatoms. The zero-order chi connectivity index (χ0) is 15.2. The maximum Gasteiger partial charge on any atom is 0.225 e. The fraction of sp³-hybridized carbons (Fsp3) is 0.533. The van der Waals surface area contributed by atoms with Crippen molar-refractivity contribution in [1.29, 1.82) is 0 Å². The molecule has 5 nitrogen and oxygen atoms in total. The third-order valence-corrected chi connectivity index (χ3v) is 3.52. The number of rotatable bonds is 7. The van der Waals surface area contributed by atoms with Gasteiger partial charge in [-0.3, -0.25) is 4.79 Å². The summed E-state index contributed by atoms with van der Waals surface area (Å²) < 4.78 is 5.22. The fourth-order valence-corrected chi connectivity index (χ4v) is 1.94. The monoisotopic (exact) mass is 281 g/mol. The van der Waals surface area contributed by atoms with Crippen LogP contribution in [0.4, 0.5) is 0 Å². The zero-order valence-electron chi connectivity index (χ0n) is 12.3. The van der Waals surface area contributed by atoms with Crippen molar-refractivity contribution in [3.63, 3.8) is 0 Å². The van der Waals surface area contributed by atoms with Crippen molar-refractivity contribution in [2.45, 2.75) is 32.2 Å². The van der Waals surface area contributed by atoms with E-state index in [1.54, 1.807) is 7.11 Å². The quantitative estimate of drug-likeness (QED) is 0.690. The minimum Gasteiger partial charge on any atom is -0.496 e. The average molecular weight is 281 g/mol. The van der Waals surface area contributed by atoms with Gasteiger partial charge in [-0.1, -0.05) is 19.1 Å². The lowest BCUT2D eigenvalue weighted by molar-refractivity contribution is -0.123. The third-order valence-electron chi connectivity index (χ3n) is 3.52. The van der Waals surface area contributed by atoms with Crippen LogP contribution in [0, 0.1) is 6.92 Å². The van der Waals surface area contributed by atoms with Gasteiger partial charge in [0, 0.05) is 0 Å². The first-order valence-electron chi connectivity index (χ1n) is 6.66. The number of benzene rings is 1. The predicted molar refractivity (Wildman–Crippen MR) is 76.8 cm³/mol. The molecule has 0 radical (unpaired) electrons. The Bertz CT molecular complexity index is 447. The molecule has 1 aromatic rings. The van der Waals surface area contributed by atoms with Crippen LogP contribution in [-0.4, -0.2) is 42.0 Å². The molecule has 0 saturated carbocycles. The molecule has 0 aliphatic carbocycles. The molecule has 0 heterocycles. The molecule has 0 unspecified atom stereocenters. The molecular formula is C15H23NO4. The number of aliphatic hydroxyl groups is 2. The van der Waals surface area contributed by atoms with Gasteiger partial charge in [-0.2, -0.15) is 0 Å². The van der Waals surface area contributed by atoms with E-state index in [0.717, 1.165) is 16.9 Å². The van der Waals surface area contributed by atoms with E-state index in [4.69, 9.17) is 4.74 Å². The number of methoxy groups -OCH3 is 1. The van der Waals surface area contributed by atoms with Crippen LogP contribution >= 0.6 is 0 Å². The molecule has 1 aromatic carbocycles. The number of hydrogen-bond donors (Lipinski definition) is 3. The number of carbonyl (C=O) groups excluding carboxylic acids is 1. The summed E-state index contributed by atoms with van der Waals surface area (Å²) in [5.74, 6) is 0.502. The molecule has 0 atom stereocenters. The van der Waals surface area contributed by atoms with E-state index in [1.165, 1.54) is 0 Å². The fourth-order valence-electron chi connectivity index (χ4n) is 1.94. The normalized spacial score (nSPS) is 11.2. The molecule has 20 heavy (non-hydrogen) atoms. The summed E-state index contributed by atoms with van der Waals surface area (Å²) >= 11 is 0. The lowest BCUT2D eigenvalue weighted by Gasteiger charge is -2.29. The minimum atomic E-state index is -0.953. The Morgan fingerprint density at radius 1 is 1.35 bits per heavy atom. The second kappa shape index (κ2) is 7.26. The summed E-state index contributed by atoms with van der Waals surface area (Å²) in [5.41, 5.74) is 0.877. The molecule has 0 aromatic heterocycles. The highest BCUT2D eigenvalue weighted by Gasteiger charge is 2.28. The largest absolute Gasteiger partial charge is 0.496 e. The molecule has 0 aliphatic rings. The van der Waals surface area contributed by atoms with Crippen LogP contribution in [0.5, 0.6) is 5.75 Å². The second-order valence-electron chi connectivity index (χ2n) is 4.98. The molecule has 3 N–H and O–H groups in total. The van der Waals surface area contributed by atoms with Gasteiger partial charge in [0.2, 0.25) is 5.91 Å². The topological polar surface area (TPSA) is 78.8 Å². The Kier molecular flexibility index (Phi) is 5.98. The number of amides is 1. The summed E-state index contributed by atoms with van der Waals surface area (Å²) in [5, 5.41) is 21.3. The average Bonchev–Trinajstić information content (AvgIpc) is 2.47. The number of aryl methyl sites for hydroxylation is 1. The molecular weight excluding hydrogens is 258 g/mol. The zero-order valence-corrected chi connectivity index (χ0v) is 12.3. The van der Waals surface area contributed by atoms with Gasteiger partial charge in [0.05, 0.1) is 32.3 Å². The van der Waals surface area contributed by atoms with Crippen LogP contribution in [-0.2, 0) is 11.2 Å². The number of nitrogens with one attached hydrogen (secondary N) is 1. The molecule has 0 fully saturated rings. The van der Waals surface area contributed by atoms with E-state index in [1.807, 2.05) is 32.0 Å². The minimum absolute atomic E-state index is 0.179. The highest BCUT2D eigenvalue weighted by Crippen LogP contribution is 2.19. The molecule has 0 spiro atoms. The predicted octanol–water partition coefficient (Wildman–Crippen LogP) is 0.796. The summed E-state index contributed by atoms with van der Waals surface area (Å²) in [6.07, 6.45) is 0.640. The maximum absolute atomic E-state index is 12.0. The number of carbonyl (C=O) groups is 1. The number of ether oxygens (including phenoxy) is 1. The summed E-state index contributed by atoms with van der Waals surface area (Å²) in [6.45, 7) is 3.16. The Hall–Kier alpha value is -1.59. The highest BCUT2D eigenvalue weighted by molar-refractivity contribution is 5.79. The van der Waals surface area contributed by atoms with Crippen molar-refractivity contribution in [2.24, 2.45) is 0 Å². The van der Waals surface area contributed by atoms with Gasteiger partial charge >= 0.3 is 0 Å². The Morgan fingerprint density at radius 2 is 2.00 bits per heavy atom. The van der Waals surface area contributed by atoms with E-state index < -0.39 is 5.54 Å². The van der Waals surface area contributed by atoms with Crippen molar-refractivity contribution >= 4 is 5.91 Å². The van der Waals surface area contributed by atoms with E-state index >= 15 is 0 Å². The van der Waals surface area contributed by atoms with Crippen molar-refractivity contribution in [3.05, 3.63) is 29.3 Å².